The summed E-state index contributed by atoms with van der Waals surface area (Å²) in [6, 6.07) is 8.16. The molecule has 0 aromatic heterocycles. The van der Waals surface area contributed by atoms with Gasteiger partial charge >= 0.3 is 0 Å². The highest BCUT2D eigenvalue weighted by Gasteiger charge is 2.23. The van der Waals surface area contributed by atoms with Crippen LogP contribution >= 0.6 is 15.9 Å². The van der Waals surface area contributed by atoms with Gasteiger partial charge in [0.1, 0.15) is 22.2 Å². The lowest BCUT2D eigenvalue weighted by atomic mass is 10.3. The molecule has 1 amide bonds. The number of benzene rings is 2. The van der Waals surface area contributed by atoms with E-state index in [4.69, 9.17) is 9.47 Å². The second-order valence-corrected chi connectivity index (χ2v) is 8.77. The van der Waals surface area contributed by atoms with Crippen molar-refractivity contribution >= 4 is 37.5 Å². The molecule has 1 N–H and O–H groups in total. The van der Waals surface area contributed by atoms with E-state index in [2.05, 4.69) is 21.2 Å². The average molecular weight is 475 g/mol. The van der Waals surface area contributed by atoms with Gasteiger partial charge in [0.25, 0.3) is 5.91 Å². The van der Waals surface area contributed by atoms with E-state index >= 15 is 0 Å². The number of rotatable bonds is 8. The highest BCUT2D eigenvalue weighted by atomic mass is 79.9. The van der Waals surface area contributed by atoms with E-state index < -0.39 is 21.7 Å². The first-order valence-electron chi connectivity index (χ1n) is 8.22. The molecule has 7 nitrogen and oxygen atoms in total. The Labute approximate surface area is 171 Å². The van der Waals surface area contributed by atoms with Crippen molar-refractivity contribution in [1.82, 2.24) is 4.31 Å². The lowest BCUT2D eigenvalue weighted by Gasteiger charge is -2.16. The molecule has 10 heteroatoms. The van der Waals surface area contributed by atoms with Gasteiger partial charge in [-0.1, -0.05) is 0 Å². The van der Waals surface area contributed by atoms with Crippen LogP contribution < -0.4 is 14.8 Å². The molecule has 2 aromatic carbocycles. The lowest BCUT2D eigenvalue weighted by molar-refractivity contribution is -0.118. The van der Waals surface area contributed by atoms with Crippen molar-refractivity contribution in [2.45, 2.75) is 11.8 Å². The molecule has 0 atom stereocenters. The van der Waals surface area contributed by atoms with Gasteiger partial charge in [0, 0.05) is 19.8 Å². The Balaban J connectivity index is 2.15. The fourth-order valence-electron chi connectivity index (χ4n) is 2.19. The third kappa shape index (κ3) is 5.43. The van der Waals surface area contributed by atoms with E-state index in [1.165, 1.54) is 50.5 Å². The van der Waals surface area contributed by atoms with Crippen molar-refractivity contribution in [3.63, 3.8) is 0 Å². The minimum atomic E-state index is -3.77. The molecule has 28 heavy (non-hydrogen) atoms. The molecule has 0 unspecified atom stereocenters. The molecule has 0 bridgehead atoms. The normalized spacial score (nSPS) is 11.4. The number of ether oxygens (including phenoxy) is 2. The Morgan fingerprint density at radius 1 is 1.14 bits per heavy atom. The largest absolute Gasteiger partial charge is 0.492 e. The zero-order valence-electron chi connectivity index (χ0n) is 15.5. The average Bonchev–Trinajstić information content (AvgIpc) is 2.62. The predicted octanol–water partition coefficient (Wildman–Crippen LogP) is 3.25. The van der Waals surface area contributed by atoms with Gasteiger partial charge in [-0.3, -0.25) is 4.79 Å². The molecule has 0 radical (unpaired) electrons. The van der Waals surface area contributed by atoms with Gasteiger partial charge in [-0.25, -0.2) is 17.1 Å². The van der Waals surface area contributed by atoms with Gasteiger partial charge in [-0.05, 0) is 59.3 Å². The molecule has 2 aromatic rings. The second-order valence-electron chi connectivity index (χ2n) is 5.79. The summed E-state index contributed by atoms with van der Waals surface area (Å²) in [6.45, 7) is 1.70. The first kappa shape index (κ1) is 22.1. The Hall–Kier alpha value is -2.17. The van der Waals surface area contributed by atoms with Crippen molar-refractivity contribution in [2.24, 2.45) is 0 Å². The quantitative estimate of drug-likeness (QED) is 0.634. The standard InChI is InChI=1S/C18H20BrFN2O5S/c1-4-26-16-8-6-13(10-17(16)28(24,25)22(2)3)21-18(23)11-27-15-7-5-12(20)9-14(15)19/h5-10H,4,11H2,1-3H3,(H,21,23). The first-order chi connectivity index (χ1) is 13.1. The number of anilines is 1. The van der Waals surface area contributed by atoms with Crippen LogP contribution in [0.15, 0.2) is 45.8 Å². The summed E-state index contributed by atoms with van der Waals surface area (Å²) < 4.78 is 50.3. The molecule has 0 saturated carbocycles. The molecule has 0 spiro atoms. The van der Waals surface area contributed by atoms with Crippen molar-refractivity contribution < 1.29 is 27.1 Å². The molecular formula is C18H20BrFN2O5S. The zero-order valence-corrected chi connectivity index (χ0v) is 17.9. The molecule has 0 fully saturated rings. The van der Waals surface area contributed by atoms with Gasteiger partial charge in [0.05, 0.1) is 11.1 Å². The Bertz CT molecular complexity index is 966. The number of nitrogens with one attached hydrogen (secondary N) is 1. The molecule has 152 valence electrons. The number of halogens is 2. The Morgan fingerprint density at radius 2 is 1.82 bits per heavy atom. The summed E-state index contributed by atoms with van der Waals surface area (Å²) in [5.74, 6) is -0.443. The van der Waals surface area contributed by atoms with Crippen molar-refractivity contribution in [1.29, 1.82) is 0 Å². The number of carbonyl (C=O) groups excluding carboxylic acids is 1. The highest BCUT2D eigenvalue weighted by molar-refractivity contribution is 9.10. The van der Waals surface area contributed by atoms with Crippen LogP contribution in [0.2, 0.25) is 0 Å². The van der Waals surface area contributed by atoms with E-state index in [-0.39, 0.29) is 22.9 Å². The molecule has 0 saturated heterocycles. The number of hydrogen-bond acceptors (Lipinski definition) is 5. The van der Waals surface area contributed by atoms with E-state index in [0.717, 1.165) is 4.31 Å². The van der Waals surface area contributed by atoms with Crippen LogP contribution in [-0.4, -0.2) is 45.9 Å². The second kappa shape index (κ2) is 9.35. The molecule has 0 heterocycles. The van der Waals surface area contributed by atoms with Gasteiger partial charge < -0.3 is 14.8 Å². The predicted molar refractivity (Wildman–Crippen MR) is 107 cm³/mol. The van der Waals surface area contributed by atoms with Gasteiger partial charge in [0.2, 0.25) is 10.0 Å². The summed E-state index contributed by atoms with van der Waals surface area (Å²) in [6.07, 6.45) is 0. The van der Waals surface area contributed by atoms with Gasteiger partial charge in [0.15, 0.2) is 6.61 Å². The van der Waals surface area contributed by atoms with E-state index in [9.17, 15) is 17.6 Å². The highest BCUT2D eigenvalue weighted by Crippen LogP contribution is 2.29. The summed E-state index contributed by atoms with van der Waals surface area (Å²) in [7, 11) is -0.954. The number of sulfonamides is 1. The summed E-state index contributed by atoms with van der Waals surface area (Å²) in [4.78, 5) is 12.1. The van der Waals surface area contributed by atoms with Crippen LogP contribution in [0.25, 0.3) is 0 Å². The third-order valence-corrected chi connectivity index (χ3v) is 5.99. The fraction of sp³-hybridized carbons (Fsp3) is 0.278. The van der Waals surface area contributed by atoms with Crippen LogP contribution in [0, 0.1) is 5.82 Å². The van der Waals surface area contributed by atoms with Crippen LogP contribution in [0.1, 0.15) is 6.92 Å². The SMILES string of the molecule is CCOc1ccc(NC(=O)COc2ccc(F)cc2Br)cc1S(=O)(=O)N(C)C. The maximum Gasteiger partial charge on any atom is 0.262 e. The minimum Gasteiger partial charge on any atom is -0.492 e. The zero-order chi connectivity index (χ0) is 20.9. The van der Waals surface area contributed by atoms with E-state index in [1.807, 2.05) is 0 Å². The Morgan fingerprint density at radius 3 is 2.43 bits per heavy atom. The summed E-state index contributed by atoms with van der Waals surface area (Å²) >= 11 is 3.15. The maximum absolute atomic E-state index is 13.1. The Kier molecular flexibility index (Phi) is 7.39. The lowest BCUT2D eigenvalue weighted by Crippen LogP contribution is -2.24. The maximum atomic E-state index is 13.1. The molecule has 0 aliphatic carbocycles. The third-order valence-electron chi connectivity index (χ3n) is 3.54. The number of hydrogen-bond donors (Lipinski definition) is 1. The first-order valence-corrected chi connectivity index (χ1v) is 10.5. The smallest absolute Gasteiger partial charge is 0.262 e. The van der Waals surface area contributed by atoms with Crippen LogP contribution in [0.4, 0.5) is 10.1 Å². The van der Waals surface area contributed by atoms with E-state index in [0.29, 0.717) is 16.8 Å². The molecular weight excluding hydrogens is 455 g/mol. The summed E-state index contributed by atoms with van der Waals surface area (Å²) in [5.41, 5.74) is 0.274. The topological polar surface area (TPSA) is 84.9 Å². The monoisotopic (exact) mass is 474 g/mol. The van der Waals surface area contributed by atoms with Gasteiger partial charge in [-0.2, -0.15) is 0 Å². The van der Waals surface area contributed by atoms with Crippen molar-refractivity contribution in [2.75, 3.05) is 32.6 Å². The van der Waals surface area contributed by atoms with E-state index in [1.54, 1.807) is 6.92 Å². The number of carbonyl (C=O) groups is 1. The molecule has 0 aliphatic heterocycles. The number of nitrogens with zero attached hydrogens (tertiary/aromatic N) is 1. The molecule has 0 aliphatic rings. The van der Waals surface area contributed by atoms with Gasteiger partial charge in [-0.15, -0.1) is 0 Å². The summed E-state index contributed by atoms with van der Waals surface area (Å²) in [5, 5.41) is 2.57. The fourth-order valence-corrected chi connectivity index (χ4v) is 3.71. The van der Waals surface area contributed by atoms with Crippen LogP contribution in [-0.2, 0) is 14.8 Å². The van der Waals surface area contributed by atoms with Crippen LogP contribution in [0.3, 0.4) is 0 Å². The van der Waals surface area contributed by atoms with Crippen molar-refractivity contribution in [3.8, 4) is 11.5 Å². The number of amides is 1. The minimum absolute atomic E-state index is 0.0562. The van der Waals surface area contributed by atoms with Crippen molar-refractivity contribution in [3.05, 3.63) is 46.7 Å². The van der Waals surface area contributed by atoms with Crippen LogP contribution in [0.5, 0.6) is 11.5 Å². The molecule has 2 rings (SSSR count).